The second kappa shape index (κ2) is 3.13. The van der Waals surface area contributed by atoms with Gasteiger partial charge in [0.15, 0.2) is 0 Å². The van der Waals surface area contributed by atoms with Crippen LogP contribution in [-0.4, -0.2) is 44.2 Å². The summed E-state index contributed by atoms with van der Waals surface area (Å²) in [6.07, 6.45) is 3.91. The summed E-state index contributed by atoms with van der Waals surface area (Å²) in [7, 11) is 0. The van der Waals surface area contributed by atoms with Crippen LogP contribution in [0.5, 0.6) is 0 Å². The molecule has 14 heavy (non-hydrogen) atoms. The van der Waals surface area contributed by atoms with E-state index in [1.165, 1.54) is 19.4 Å². The molecule has 1 N–H and O–H groups in total. The molecule has 3 rings (SSSR count). The van der Waals surface area contributed by atoms with Gasteiger partial charge in [0.2, 0.25) is 4.77 Å². The van der Waals surface area contributed by atoms with E-state index in [0.29, 0.717) is 10.8 Å². The maximum Gasteiger partial charge on any atom is 0.238 e. The fraction of sp³-hybridized carbons (Fsp3) is 0.875. The van der Waals surface area contributed by atoms with Gasteiger partial charge in [0.25, 0.3) is 0 Å². The second-order valence-electron chi connectivity index (χ2n) is 4.12. The zero-order valence-corrected chi connectivity index (χ0v) is 8.70. The number of H-pyrrole nitrogens is 1. The van der Waals surface area contributed by atoms with Crippen LogP contribution in [0.4, 0.5) is 0 Å². The van der Waals surface area contributed by atoms with Gasteiger partial charge in [-0.25, -0.2) is 4.68 Å². The minimum atomic E-state index is 0.457. The van der Waals surface area contributed by atoms with Gasteiger partial charge in [-0.15, -0.1) is 0 Å². The van der Waals surface area contributed by atoms with Crippen molar-refractivity contribution >= 4 is 12.2 Å². The molecular formula is C8H13N5S. The van der Waals surface area contributed by atoms with Crippen molar-refractivity contribution in [1.82, 2.24) is 25.1 Å². The lowest BCUT2D eigenvalue weighted by Crippen LogP contribution is -2.24. The first kappa shape index (κ1) is 8.55. The van der Waals surface area contributed by atoms with E-state index in [2.05, 4.69) is 20.4 Å². The number of aromatic nitrogens is 4. The first-order valence-electron chi connectivity index (χ1n) is 5.08. The predicted molar refractivity (Wildman–Crippen MR) is 53.5 cm³/mol. The standard InChI is InChI=1S/C8H13N5S/c14-8-9-10-11-13(8)7-3-4-12(5-7)6-1-2-6/h6-7H,1-5H2,(H,9,11,14). The minimum absolute atomic E-state index is 0.457. The van der Waals surface area contributed by atoms with E-state index in [0.717, 1.165) is 19.0 Å². The van der Waals surface area contributed by atoms with E-state index in [9.17, 15) is 0 Å². The number of nitrogens with zero attached hydrogens (tertiary/aromatic N) is 4. The summed E-state index contributed by atoms with van der Waals surface area (Å²) < 4.78 is 2.49. The number of hydrogen-bond donors (Lipinski definition) is 1. The smallest absolute Gasteiger partial charge is 0.238 e. The molecule has 0 aromatic carbocycles. The SMILES string of the molecule is S=c1nn[nH]n1C1CCN(C2CC2)C1. The summed E-state index contributed by atoms with van der Waals surface area (Å²) in [6, 6.07) is 1.31. The molecule has 6 heteroatoms. The molecular weight excluding hydrogens is 198 g/mol. The van der Waals surface area contributed by atoms with Crippen LogP contribution in [0.3, 0.4) is 0 Å². The van der Waals surface area contributed by atoms with Gasteiger partial charge in [0.1, 0.15) is 0 Å². The van der Waals surface area contributed by atoms with Crippen molar-refractivity contribution in [1.29, 1.82) is 0 Å². The first-order valence-corrected chi connectivity index (χ1v) is 5.49. The molecule has 1 atom stereocenters. The number of aromatic amines is 1. The summed E-state index contributed by atoms with van der Waals surface area (Å²) in [5.74, 6) is 0. The highest BCUT2D eigenvalue weighted by Crippen LogP contribution is 2.32. The molecule has 0 radical (unpaired) electrons. The Kier molecular flexibility index (Phi) is 1.91. The molecule has 0 bridgehead atoms. The molecule has 0 spiro atoms. The molecule has 1 saturated heterocycles. The van der Waals surface area contributed by atoms with Gasteiger partial charge in [-0.05, 0) is 31.5 Å². The molecule has 1 aliphatic heterocycles. The Bertz CT molecular complexity index is 379. The number of nitrogens with one attached hydrogen (secondary N) is 1. The van der Waals surface area contributed by atoms with Crippen LogP contribution in [-0.2, 0) is 0 Å². The lowest BCUT2D eigenvalue weighted by molar-refractivity contribution is 0.307. The van der Waals surface area contributed by atoms with Gasteiger partial charge in [-0.3, -0.25) is 4.90 Å². The highest BCUT2D eigenvalue weighted by molar-refractivity contribution is 7.71. The van der Waals surface area contributed by atoms with Crippen LogP contribution < -0.4 is 0 Å². The Morgan fingerprint density at radius 3 is 2.79 bits per heavy atom. The molecule has 1 aromatic heterocycles. The van der Waals surface area contributed by atoms with Crippen molar-refractivity contribution in [3.05, 3.63) is 4.77 Å². The fourth-order valence-corrected chi connectivity index (χ4v) is 2.42. The maximum atomic E-state index is 5.08. The quantitative estimate of drug-likeness (QED) is 0.733. The third kappa shape index (κ3) is 1.38. The van der Waals surface area contributed by atoms with Crippen LogP contribution in [0.15, 0.2) is 0 Å². The number of likely N-dealkylation sites (tertiary alicyclic amines) is 1. The lowest BCUT2D eigenvalue weighted by atomic mass is 10.3. The summed E-state index contributed by atoms with van der Waals surface area (Å²) in [6.45, 7) is 2.29. The van der Waals surface area contributed by atoms with Gasteiger partial charge in [-0.1, -0.05) is 10.3 Å². The van der Waals surface area contributed by atoms with Crippen molar-refractivity contribution in [2.75, 3.05) is 13.1 Å². The molecule has 2 heterocycles. The Morgan fingerprint density at radius 2 is 2.14 bits per heavy atom. The summed E-state index contributed by atoms with van der Waals surface area (Å²) in [5.41, 5.74) is 0. The van der Waals surface area contributed by atoms with Crippen molar-refractivity contribution in [2.24, 2.45) is 0 Å². The van der Waals surface area contributed by atoms with Crippen LogP contribution in [0.1, 0.15) is 25.3 Å². The molecule has 1 aliphatic carbocycles. The monoisotopic (exact) mass is 211 g/mol. The Morgan fingerprint density at radius 1 is 1.29 bits per heavy atom. The number of tetrazole rings is 1. The molecule has 2 fully saturated rings. The van der Waals surface area contributed by atoms with E-state index >= 15 is 0 Å². The Balaban J connectivity index is 1.75. The summed E-state index contributed by atoms with van der Waals surface area (Å²) in [5, 5.41) is 10.4. The molecule has 1 aromatic rings. The van der Waals surface area contributed by atoms with Gasteiger partial charge in [0.05, 0.1) is 6.04 Å². The predicted octanol–water partition coefficient (Wildman–Crippen LogP) is 0.745. The second-order valence-corrected chi connectivity index (χ2v) is 4.49. The molecule has 76 valence electrons. The minimum Gasteiger partial charge on any atom is -0.298 e. The van der Waals surface area contributed by atoms with Crippen molar-refractivity contribution in [3.8, 4) is 0 Å². The molecule has 2 aliphatic rings. The molecule has 5 nitrogen and oxygen atoms in total. The lowest BCUT2D eigenvalue weighted by Gasteiger charge is -2.14. The van der Waals surface area contributed by atoms with E-state index in [-0.39, 0.29) is 0 Å². The van der Waals surface area contributed by atoms with Crippen LogP contribution >= 0.6 is 12.2 Å². The zero-order chi connectivity index (χ0) is 9.54. The fourth-order valence-electron chi connectivity index (χ4n) is 2.19. The highest BCUT2D eigenvalue weighted by atomic mass is 32.1. The van der Waals surface area contributed by atoms with Crippen molar-refractivity contribution < 1.29 is 0 Å². The van der Waals surface area contributed by atoms with E-state index in [1.807, 2.05) is 4.68 Å². The average molecular weight is 211 g/mol. The maximum absolute atomic E-state index is 5.08. The largest absolute Gasteiger partial charge is 0.298 e. The van der Waals surface area contributed by atoms with Crippen molar-refractivity contribution in [2.45, 2.75) is 31.3 Å². The van der Waals surface area contributed by atoms with Crippen LogP contribution in [0, 0.1) is 4.77 Å². The third-order valence-electron chi connectivity index (χ3n) is 3.12. The van der Waals surface area contributed by atoms with Gasteiger partial charge in [0, 0.05) is 19.1 Å². The zero-order valence-electron chi connectivity index (χ0n) is 7.89. The molecule has 1 saturated carbocycles. The molecule has 0 amide bonds. The van der Waals surface area contributed by atoms with Crippen molar-refractivity contribution in [3.63, 3.8) is 0 Å². The topological polar surface area (TPSA) is 49.7 Å². The number of rotatable bonds is 2. The number of hydrogen-bond acceptors (Lipinski definition) is 4. The van der Waals surface area contributed by atoms with E-state index in [1.54, 1.807) is 0 Å². The van der Waals surface area contributed by atoms with Gasteiger partial charge < -0.3 is 0 Å². The third-order valence-corrected chi connectivity index (χ3v) is 3.40. The van der Waals surface area contributed by atoms with Crippen LogP contribution in [0.25, 0.3) is 0 Å². The van der Waals surface area contributed by atoms with Gasteiger partial charge in [-0.2, -0.15) is 5.21 Å². The first-order chi connectivity index (χ1) is 6.84. The summed E-state index contributed by atoms with van der Waals surface area (Å²) >= 11 is 5.08. The average Bonchev–Trinajstić information content (AvgIpc) is 2.75. The van der Waals surface area contributed by atoms with E-state index in [4.69, 9.17) is 12.2 Å². The Labute approximate surface area is 87.1 Å². The Hall–Kier alpha value is -0.750. The normalized spacial score (nSPS) is 28.4. The van der Waals surface area contributed by atoms with Gasteiger partial charge >= 0.3 is 0 Å². The highest BCUT2D eigenvalue weighted by Gasteiger charge is 2.35. The van der Waals surface area contributed by atoms with E-state index < -0.39 is 0 Å². The summed E-state index contributed by atoms with van der Waals surface area (Å²) in [4.78, 5) is 2.55. The van der Waals surface area contributed by atoms with Crippen LogP contribution in [0.2, 0.25) is 0 Å². The molecule has 1 unspecified atom stereocenters.